The van der Waals surface area contributed by atoms with Crippen molar-refractivity contribution < 1.29 is 14.7 Å². The molecule has 0 unspecified atom stereocenters. The largest absolute Gasteiger partial charge is 0.392 e. The van der Waals surface area contributed by atoms with Crippen molar-refractivity contribution in [3.05, 3.63) is 64.2 Å². The fourth-order valence-electron chi connectivity index (χ4n) is 2.50. The summed E-state index contributed by atoms with van der Waals surface area (Å²) in [6.07, 6.45) is 1.97. The SMILES string of the molecule is O=C(NCc1ccccc1CO)Nc1ccc(Cl)c(C(=O)NC2CC2)c1. The molecule has 7 heteroatoms. The molecule has 0 bridgehead atoms. The van der Waals surface area contributed by atoms with Crippen molar-refractivity contribution in [2.75, 3.05) is 5.32 Å². The van der Waals surface area contributed by atoms with E-state index in [2.05, 4.69) is 16.0 Å². The number of urea groups is 1. The van der Waals surface area contributed by atoms with Gasteiger partial charge in [0.15, 0.2) is 0 Å². The molecule has 0 aromatic heterocycles. The number of aliphatic hydroxyl groups excluding tert-OH is 1. The molecule has 3 amide bonds. The third-order valence-corrected chi connectivity index (χ3v) is 4.44. The molecule has 3 rings (SSSR count). The lowest BCUT2D eigenvalue weighted by Crippen LogP contribution is -2.29. The average Bonchev–Trinajstić information content (AvgIpc) is 3.45. The van der Waals surface area contributed by atoms with Gasteiger partial charge in [-0.1, -0.05) is 35.9 Å². The summed E-state index contributed by atoms with van der Waals surface area (Å²) in [5.41, 5.74) is 2.41. The van der Waals surface area contributed by atoms with Gasteiger partial charge in [0.1, 0.15) is 0 Å². The second-order valence-corrected chi connectivity index (χ2v) is 6.58. The van der Waals surface area contributed by atoms with Crippen LogP contribution in [-0.2, 0) is 13.2 Å². The maximum Gasteiger partial charge on any atom is 0.319 e. The number of hydrogen-bond donors (Lipinski definition) is 4. The zero-order chi connectivity index (χ0) is 18.5. The maximum absolute atomic E-state index is 12.2. The molecule has 1 saturated carbocycles. The number of carbonyl (C=O) groups is 2. The van der Waals surface area contributed by atoms with Crippen molar-refractivity contribution in [3.63, 3.8) is 0 Å². The molecule has 0 radical (unpaired) electrons. The monoisotopic (exact) mass is 373 g/mol. The van der Waals surface area contributed by atoms with Crippen LogP contribution in [0.4, 0.5) is 10.5 Å². The topological polar surface area (TPSA) is 90.5 Å². The number of aliphatic hydroxyl groups is 1. The quantitative estimate of drug-likeness (QED) is 0.627. The van der Waals surface area contributed by atoms with E-state index in [1.165, 1.54) is 0 Å². The molecule has 2 aromatic rings. The summed E-state index contributed by atoms with van der Waals surface area (Å²) >= 11 is 6.09. The Morgan fingerprint density at radius 1 is 1.12 bits per heavy atom. The van der Waals surface area contributed by atoms with Crippen LogP contribution >= 0.6 is 11.6 Å². The third-order valence-electron chi connectivity index (χ3n) is 4.11. The molecule has 1 aliphatic carbocycles. The summed E-state index contributed by atoms with van der Waals surface area (Å²) in [6.45, 7) is 0.196. The first kappa shape index (κ1) is 18.2. The number of rotatable bonds is 6. The number of halogens is 1. The van der Waals surface area contributed by atoms with Gasteiger partial charge >= 0.3 is 6.03 Å². The predicted molar refractivity (Wildman–Crippen MR) is 100 cm³/mol. The Morgan fingerprint density at radius 2 is 1.85 bits per heavy atom. The van der Waals surface area contributed by atoms with Crippen LogP contribution in [0.15, 0.2) is 42.5 Å². The van der Waals surface area contributed by atoms with E-state index in [0.717, 1.165) is 24.0 Å². The van der Waals surface area contributed by atoms with Gasteiger partial charge in [0.2, 0.25) is 0 Å². The number of anilines is 1. The summed E-state index contributed by atoms with van der Waals surface area (Å²) in [4.78, 5) is 24.3. The molecule has 26 heavy (non-hydrogen) atoms. The molecule has 1 fully saturated rings. The van der Waals surface area contributed by atoms with Crippen LogP contribution in [0.25, 0.3) is 0 Å². The normalized spacial score (nSPS) is 13.2. The first-order valence-electron chi connectivity index (χ1n) is 8.39. The highest BCUT2D eigenvalue weighted by Crippen LogP contribution is 2.24. The second kappa shape index (κ2) is 8.21. The number of amides is 3. The Hall–Kier alpha value is -2.57. The number of nitrogens with one attached hydrogen (secondary N) is 3. The van der Waals surface area contributed by atoms with E-state index < -0.39 is 6.03 Å². The standard InChI is InChI=1S/C19H20ClN3O3/c20-17-8-7-15(9-16(17)18(25)22-14-5-6-14)23-19(26)21-10-12-3-1-2-4-13(12)11-24/h1-4,7-9,14,24H,5-6,10-11H2,(H,22,25)(H2,21,23,26). The van der Waals surface area contributed by atoms with Crippen LogP contribution in [-0.4, -0.2) is 23.1 Å². The van der Waals surface area contributed by atoms with Gasteiger partial charge in [0.25, 0.3) is 5.91 Å². The molecular weight excluding hydrogens is 354 g/mol. The van der Waals surface area contributed by atoms with Gasteiger partial charge in [-0.3, -0.25) is 4.79 Å². The zero-order valence-electron chi connectivity index (χ0n) is 14.1. The number of carbonyl (C=O) groups excluding carboxylic acids is 2. The van der Waals surface area contributed by atoms with Crippen molar-refractivity contribution in [2.24, 2.45) is 0 Å². The van der Waals surface area contributed by atoms with Gasteiger partial charge in [0, 0.05) is 18.3 Å². The Bertz CT molecular complexity index is 821. The maximum atomic E-state index is 12.2. The molecule has 1 aliphatic rings. The lowest BCUT2D eigenvalue weighted by molar-refractivity contribution is 0.0951. The van der Waals surface area contributed by atoms with Crippen LogP contribution in [0.2, 0.25) is 5.02 Å². The predicted octanol–water partition coefficient (Wildman–Crippen LogP) is 3.05. The fourth-order valence-corrected chi connectivity index (χ4v) is 2.71. The molecule has 0 atom stereocenters. The average molecular weight is 374 g/mol. The lowest BCUT2D eigenvalue weighted by atomic mass is 10.1. The van der Waals surface area contributed by atoms with Crippen LogP contribution in [0.3, 0.4) is 0 Å². The highest BCUT2D eigenvalue weighted by Gasteiger charge is 2.24. The molecule has 0 heterocycles. The number of hydrogen-bond acceptors (Lipinski definition) is 3. The van der Waals surface area contributed by atoms with E-state index in [0.29, 0.717) is 16.3 Å². The first-order chi connectivity index (χ1) is 12.6. The van der Waals surface area contributed by atoms with Gasteiger partial charge < -0.3 is 21.1 Å². The molecule has 0 aliphatic heterocycles. The van der Waals surface area contributed by atoms with Crippen molar-refractivity contribution in [1.82, 2.24) is 10.6 Å². The van der Waals surface area contributed by atoms with Crippen LogP contribution < -0.4 is 16.0 Å². The second-order valence-electron chi connectivity index (χ2n) is 6.18. The van der Waals surface area contributed by atoms with Crippen LogP contribution in [0.1, 0.15) is 34.3 Å². The minimum Gasteiger partial charge on any atom is -0.392 e. The van der Waals surface area contributed by atoms with E-state index >= 15 is 0 Å². The summed E-state index contributed by atoms with van der Waals surface area (Å²) < 4.78 is 0. The Labute approximate surface area is 156 Å². The highest BCUT2D eigenvalue weighted by atomic mass is 35.5. The molecule has 0 spiro atoms. The van der Waals surface area contributed by atoms with Crippen molar-refractivity contribution in [2.45, 2.75) is 32.0 Å². The van der Waals surface area contributed by atoms with Crippen molar-refractivity contribution in [3.8, 4) is 0 Å². The fraction of sp³-hybridized carbons (Fsp3) is 0.263. The first-order valence-corrected chi connectivity index (χ1v) is 8.77. The summed E-state index contributed by atoms with van der Waals surface area (Å²) in [5.74, 6) is -0.238. The molecule has 2 aromatic carbocycles. The van der Waals surface area contributed by atoms with Gasteiger partial charge in [-0.15, -0.1) is 0 Å². The minimum atomic E-state index is -0.409. The van der Waals surface area contributed by atoms with Gasteiger partial charge in [-0.25, -0.2) is 4.79 Å². The van der Waals surface area contributed by atoms with E-state index in [1.54, 1.807) is 24.3 Å². The van der Waals surface area contributed by atoms with Gasteiger partial charge in [-0.2, -0.15) is 0 Å². The van der Waals surface area contributed by atoms with Gasteiger partial charge in [-0.05, 0) is 42.2 Å². The molecule has 4 N–H and O–H groups in total. The van der Waals surface area contributed by atoms with E-state index in [4.69, 9.17) is 11.6 Å². The van der Waals surface area contributed by atoms with E-state index in [1.807, 2.05) is 18.2 Å². The Morgan fingerprint density at radius 3 is 2.54 bits per heavy atom. The van der Waals surface area contributed by atoms with E-state index in [-0.39, 0.29) is 25.1 Å². The number of benzene rings is 2. The van der Waals surface area contributed by atoms with Crippen LogP contribution in [0, 0.1) is 0 Å². The molecule has 6 nitrogen and oxygen atoms in total. The summed E-state index contributed by atoms with van der Waals surface area (Å²) in [7, 11) is 0. The molecule has 136 valence electrons. The highest BCUT2D eigenvalue weighted by molar-refractivity contribution is 6.34. The lowest BCUT2D eigenvalue weighted by Gasteiger charge is -2.12. The van der Waals surface area contributed by atoms with Gasteiger partial charge in [0.05, 0.1) is 17.2 Å². The molecule has 0 saturated heterocycles. The molecular formula is C19H20ClN3O3. The third kappa shape index (κ3) is 4.74. The summed E-state index contributed by atoms with van der Waals surface area (Å²) in [5, 5.41) is 18.0. The van der Waals surface area contributed by atoms with Crippen molar-refractivity contribution >= 4 is 29.2 Å². The summed E-state index contributed by atoms with van der Waals surface area (Å²) in [6, 6.07) is 11.9. The Kier molecular flexibility index (Phi) is 5.75. The zero-order valence-corrected chi connectivity index (χ0v) is 14.8. The minimum absolute atomic E-state index is 0.0872. The Balaban J connectivity index is 1.61. The van der Waals surface area contributed by atoms with Crippen LogP contribution in [0.5, 0.6) is 0 Å². The smallest absolute Gasteiger partial charge is 0.319 e. The van der Waals surface area contributed by atoms with E-state index in [9.17, 15) is 14.7 Å². The van der Waals surface area contributed by atoms with Crippen molar-refractivity contribution in [1.29, 1.82) is 0 Å².